The van der Waals surface area contributed by atoms with Gasteiger partial charge in [-0.2, -0.15) is 0 Å². The van der Waals surface area contributed by atoms with E-state index in [4.69, 9.17) is 0 Å². The van der Waals surface area contributed by atoms with Crippen LogP contribution < -0.4 is 0 Å². The molecule has 0 amide bonds. The molecule has 0 saturated carbocycles. The second kappa shape index (κ2) is 3.06. The molecule has 2 aromatic rings. The molecule has 3 rings (SSSR count). The molecule has 15 heavy (non-hydrogen) atoms. The van der Waals surface area contributed by atoms with Crippen LogP contribution in [0.15, 0.2) is 42.5 Å². The Balaban J connectivity index is 2.30. The van der Waals surface area contributed by atoms with Gasteiger partial charge in [0.1, 0.15) is 0 Å². The molecule has 1 aliphatic carbocycles. The highest BCUT2D eigenvalue weighted by atomic mass is 16.1. The van der Waals surface area contributed by atoms with Crippen molar-refractivity contribution < 1.29 is 4.79 Å². The molecule has 0 atom stereocenters. The number of carbonyl (C=O) groups excluding carboxylic acids is 1. The number of hydrogen-bond donors (Lipinski definition) is 0. The summed E-state index contributed by atoms with van der Waals surface area (Å²) >= 11 is 0. The van der Waals surface area contributed by atoms with Crippen molar-refractivity contribution in [2.45, 2.75) is 6.42 Å². The Kier molecular flexibility index (Phi) is 1.72. The van der Waals surface area contributed by atoms with Crippen LogP contribution >= 0.6 is 0 Å². The minimum Gasteiger partial charge on any atom is -0.285 e. The summed E-state index contributed by atoms with van der Waals surface area (Å²) in [6.07, 6.45) is 2.87. The number of hydrogen-bond acceptors (Lipinski definition) is 1. The molecule has 0 heterocycles. The smallest absolute Gasteiger partial charge is 0.233 e. The van der Waals surface area contributed by atoms with E-state index in [9.17, 15) is 4.79 Å². The lowest BCUT2D eigenvalue weighted by molar-refractivity contribution is 0.562. The van der Waals surface area contributed by atoms with Crippen molar-refractivity contribution in [2.75, 3.05) is 0 Å². The second-order valence-corrected chi connectivity index (χ2v) is 3.77. The monoisotopic (exact) mass is 193 g/mol. The van der Waals surface area contributed by atoms with Gasteiger partial charge in [0, 0.05) is 5.56 Å². The molecule has 0 aliphatic heterocycles. The minimum absolute atomic E-state index is 0.698. The van der Waals surface area contributed by atoms with E-state index in [0.29, 0.717) is 5.56 Å². The average Bonchev–Trinajstić information content (AvgIpc) is 2.67. The quantitative estimate of drug-likeness (QED) is 0.580. The molecule has 71 valence electrons. The first-order chi connectivity index (χ1) is 7.40. The minimum atomic E-state index is 0.698. The Morgan fingerprint density at radius 2 is 1.73 bits per heavy atom. The van der Waals surface area contributed by atoms with Crippen LogP contribution in [0.3, 0.4) is 0 Å². The third-order valence-corrected chi connectivity index (χ3v) is 2.96. The maximum atomic E-state index is 10.8. The first-order valence-corrected chi connectivity index (χ1v) is 4.98. The van der Waals surface area contributed by atoms with Crippen molar-refractivity contribution in [3.63, 3.8) is 0 Å². The Labute approximate surface area is 88.4 Å². The van der Waals surface area contributed by atoms with E-state index in [0.717, 1.165) is 12.0 Å². The third kappa shape index (κ3) is 1.13. The van der Waals surface area contributed by atoms with Gasteiger partial charge in [0.2, 0.25) is 6.29 Å². The van der Waals surface area contributed by atoms with Crippen molar-refractivity contribution >= 4 is 6.29 Å². The van der Waals surface area contributed by atoms with Crippen LogP contribution in [0.4, 0.5) is 0 Å². The van der Waals surface area contributed by atoms with Crippen molar-refractivity contribution in [2.24, 2.45) is 0 Å². The van der Waals surface area contributed by atoms with Crippen molar-refractivity contribution in [3.05, 3.63) is 59.2 Å². The van der Waals surface area contributed by atoms with Crippen LogP contribution in [-0.2, 0) is 11.2 Å². The lowest BCUT2D eigenvalue weighted by Crippen LogP contribution is -1.89. The SMILES string of the molecule is O=[C]c1cccc2c1Cc1ccccc1-2. The summed E-state index contributed by atoms with van der Waals surface area (Å²) < 4.78 is 0. The summed E-state index contributed by atoms with van der Waals surface area (Å²) in [5.74, 6) is 0. The second-order valence-electron chi connectivity index (χ2n) is 3.77. The lowest BCUT2D eigenvalue weighted by atomic mass is 10.0. The maximum Gasteiger partial charge on any atom is 0.233 e. The zero-order valence-electron chi connectivity index (χ0n) is 8.16. The zero-order valence-corrected chi connectivity index (χ0v) is 8.16. The molecular weight excluding hydrogens is 184 g/mol. The van der Waals surface area contributed by atoms with Gasteiger partial charge in [-0.05, 0) is 28.7 Å². The fourth-order valence-electron chi connectivity index (χ4n) is 2.25. The van der Waals surface area contributed by atoms with Crippen LogP contribution in [-0.4, -0.2) is 6.29 Å². The van der Waals surface area contributed by atoms with E-state index in [-0.39, 0.29) is 0 Å². The molecule has 1 nitrogen and oxygen atoms in total. The zero-order chi connectivity index (χ0) is 10.3. The van der Waals surface area contributed by atoms with Crippen LogP contribution in [0.5, 0.6) is 0 Å². The molecule has 1 heteroatoms. The van der Waals surface area contributed by atoms with Gasteiger partial charge in [0.05, 0.1) is 0 Å². The highest BCUT2D eigenvalue weighted by molar-refractivity contribution is 5.87. The highest BCUT2D eigenvalue weighted by Crippen LogP contribution is 2.37. The Morgan fingerprint density at radius 3 is 2.60 bits per heavy atom. The van der Waals surface area contributed by atoms with Gasteiger partial charge >= 0.3 is 0 Å². The molecule has 0 unspecified atom stereocenters. The first-order valence-electron chi connectivity index (χ1n) is 4.98. The summed E-state index contributed by atoms with van der Waals surface area (Å²) in [5.41, 5.74) is 5.56. The number of fused-ring (bicyclic) bond motifs is 3. The normalized spacial score (nSPS) is 12.0. The Morgan fingerprint density at radius 1 is 0.933 bits per heavy atom. The third-order valence-electron chi connectivity index (χ3n) is 2.96. The standard InChI is InChI=1S/C14H9O/c15-9-11-5-3-7-13-12-6-2-1-4-10(12)8-14(11)13/h1-7H,8H2. The van der Waals surface area contributed by atoms with E-state index in [1.54, 1.807) is 0 Å². The topological polar surface area (TPSA) is 17.1 Å². The van der Waals surface area contributed by atoms with Gasteiger partial charge in [0.25, 0.3) is 0 Å². The van der Waals surface area contributed by atoms with Crippen molar-refractivity contribution in [1.29, 1.82) is 0 Å². The maximum absolute atomic E-state index is 10.8. The van der Waals surface area contributed by atoms with E-state index < -0.39 is 0 Å². The molecule has 0 bridgehead atoms. The lowest BCUT2D eigenvalue weighted by Gasteiger charge is -2.01. The molecule has 1 aliphatic rings. The Hall–Kier alpha value is -1.89. The van der Waals surface area contributed by atoms with Gasteiger partial charge in [-0.1, -0.05) is 42.5 Å². The number of rotatable bonds is 1. The predicted molar refractivity (Wildman–Crippen MR) is 59.5 cm³/mol. The predicted octanol–water partition coefficient (Wildman–Crippen LogP) is 2.72. The van der Waals surface area contributed by atoms with Gasteiger partial charge in [-0.3, -0.25) is 4.79 Å². The Bertz CT molecular complexity index is 541. The van der Waals surface area contributed by atoms with Gasteiger partial charge in [0.15, 0.2) is 0 Å². The molecule has 0 saturated heterocycles. The van der Waals surface area contributed by atoms with Crippen LogP contribution in [0.25, 0.3) is 11.1 Å². The van der Waals surface area contributed by atoms with E-state index in [2.05, 4.69) is 18.2 Å². The van der Waals surface area contributed by atoms with E-state index in [1.807, 2.05) is 30.6 Å². The van der Waals surface area contributed by atoms with Gasteiger partial charge in [-0.15, -0.1) is 0 Å². The molecule has 0 aromatic heterocycles. The van der Waals surface area contributed by atoms with Crippen LogP contribution in [0, 0.1) is 0 Å². The van der Waals surface area contributed by atoms with E-state index in [1.165, 1.54) is 16.7 Å². The fourth-order valence-corrected chi connectivity index (χ4v) is 2.25. The molecule has 1 radical (unpaired) electrons. The summed E-state index contributed by atoms with van der Waals surface area (Å²) in [6, 6.07) is 14.1. The summed E-state index contributed by atoms with van der Waals surface area (Å²) in [5, 5.41) is 0. The first kappa shape index (κ1) is 8.42. The fraction of sp³-hybridized carbons (Fsp3) is 0.0714. The van der Waals surface area contributed by atoms with Crippen molar-refractivity contribution in [1.82, 2.24) is 0 Å². The summed E-state index contributed by atoms with van der Waals surface area (Å²) in [4.78, 5) is 10.8. The van der Waals surface area contributed by atoms with Crippen LogP contribution in [0.1, 0.15) is 16.7 Å². The molecule has 0 N–H and O–H groups in total. The molecule has 0 spiro atoms. The van der Waals surface area contributed by atoms with Crippen molar-refractivity contribution in [3.8, 4) is 11.1 Å². The van der Waals surface area contributed by atoms with E-state index >= 15 is 0 Å². The molecular formula is C14H9O. The molecule has 0 fully saturated rings. The molecule has 2 aromatic carbocycles. The largest absolute Gasteiger partial charge is 0.285 e. The average molecular weight is 193 g/mol. The summed E-state index contributed by atoms with van der Waals surface area (Å²) in [6.45, 7) is 0. The van der Waals surface area contributed by atoms with Gasteiger partial charge in [-0.25, -0.2) is 0 Å². The van der Waals surface area contributed by atoms with Crippen LogP contribution in [0.2, 0.25) is 0 Å². The highest BCUT2D eigenvalue weighted by Gasteiger charge is 2.19. The summed E-state index contributed by atoms with van der Waals surface area (Å²) in [7, 11) is 0. The van der Waals surface area contributed by atoms with Gasteiger partial charge < -0.3 is 0 Å². The number of benzene rings is 2.